The second-order valence-electron chi connectivity index (χ2n) is 7.85. The number of fused-ring (bicyclic) bond motifs is 1. The zero-order valence-corrected chi connectivity index (χ0v) is 18.0. The number of nitrogens with zero attached hydrogens (tertiary/aromatic N) is 3. The highest BCUT2D eigenvalue weighted by atomic mass is 32.2. The summed E-state index contributed by atoms with van der Waals surface area (Å²) in [4.78, 5) is 14.3. The van der Waals surface area contributed by atoms with Crippen molar-refractivity contribution in [2.75, 3.05) is 0 Å². The largest absolute Gasteiger partial charge is 0.534 e. The summed E-state index contributed by atoms with van der Waals surface area (Å²) < 4.78 is 72.3. The third kappa shape index (κ3) is 4.62. The van der Waals surface area contributed by atoms with Gasteiger partial charge in [-0.25, -0.2) is 9.48 Å². The Morgan fingerprint density at radius 3 is 2.24 bits per heavy atom. The van der Waals surface area contributed by atoms with Crippen molar-refractivity contribution >= 4 is 16.2 Å². The lowest BCUT2D eigenvalue weighted by atomic mass is 9.91. The van der Waals surface area contributed by atoms with Gasteiger partial charge < -0.3 is 8.92 Å². The molecule has 166 valence electrons. The van der Waals surface area contributed by atoms with Gasteiger partial charge in [0, 0.05) is 25.1 Å². The smallest absolute Gasteiger partial charge is 0.444 e. The lowest BCUT2D eigenvalue weighted by Crippen LogP contribution is -2.48. The molecule has 0 fully saturated rings. The molecule has 0 aliphatic carbocycles. The van der Waals surface area contributed by atoms with Crippen molar-refractivity contribution < 1.29 is 35.3 Å². The molecular formula is C17H26F3N3O5S. The Balaban J connectivity index is 2.52. The maximum atomic E-state index is 12.8. The first-order valence-corrected chi connectivity index (χ1v) is 10.6. The molecule has 12 heteroatoms. The minimum Gasteiger partial charge on any atom is -0.444 e. The van der Waals surface area contributed by atoms with Crippen LogP contribution >= 0.6 is 0 Å². The normalized spacial score (nSPS) is 20.4. The topological polar surface area (TPSA) is 90.7 Å². The van der Waals surface area contributed by atoms with Crippen LogP contribution in [0.3, 0.4) is 0 Å². The fraction of sp³-hybridized carbons (Fsp3) is 0.765. The first-order chi connectivity index (χ1) is 13.1. The van der Waals surface area contributed by atoms with E-state index in [-0.39, 0.29) is 12.0 Å². The quantitative estimate of drug-likeness (QED) is 0.523. The van der Waals surface area contributed by atoms with E-state index in [1.165, 1.54) is 11.9 Å². The van der Waals surface area contributed by atoms with Crippen LogP contribution in [-0.2, 0) is 28.3 Å². The van der Waals surface area contributed by atoms with Crippen LogP contribution in [-0.4, -0.2) is 46.3 Å². The number of halogens is 3. The summed E-state index contributed by atoms with van der Waals surface area (Å²) in [5.74, 6) is -0.488. The highest BCUT2D eigenvalue weighted by Gasteiger charge is 2.50. The molecule has 0 unspecified atom stereocenters. The van der Waals surface area contributed by atoms with Crippen LogP contribution in [0.15, 0.2) is 0 Å². The van der Waals surface area contributed by atoms with Gasteiger partial charge >= 0.3 is 21.7 Å². The van der Waals surface area contributed by atoms with Crippen molar-refractivity contribution in [3.8, 4) is 5.88 Å². The van der Waals surface area contributed by atoms with E-state index in [0.717, 1.165) is 4.68 Å². The van der Waals surface area contributed by atoms with E-state index >= 15 is 0 Å². The standard InChI is InChI=1S/C17H26F3N3O5S/c1-7-10-9-11-13(12(8-2)23(10)15(24)27-16(3,4)5)21-22(6)14(11)28-29(25,26)17(18,19)20/h10,12H,7-9H2,1-6H3/t10-,12+/m0/s1. The monoisotopic (exact) mass is 441 g/mol. The van der Waals surface area contributed by atoms with Crippen LogP contribution in [0, 0.1) is 0 Å². The van der Waals surface area contributed by atoms with Crippen LogP contribution in [0.2, 0.25) is 0 Å². The number of amides is 1. The number of aromatic nitrogens is 2. The molecule has 29 heavy (non-hydrogen) atoms. The molecule has 0 saturated heterocycles. The van der Waals surface area contributed by atoms with E-state index in [4.69, 9.17) is 4.74 Å². The molecule has 8 nitrogen and oxygen atoms in total. The van der Waals surface area contributed by atoms with Crippen molar-refractivity contribution in [1.29, 1.82) is 0 Å². The van der Waals surface area contributed by atoms with Crippen molar-refractivity contribution in [2.24, 2.45) is 7.05 Å². The van der Waals surface area contributed by atoms with E-state index in [1.54, 1.807) is 27.7 Å². The predicted molar refractivity (Wildman–Crippen MR) is 97.7 cm³/mol. The Kier molecular flexibility index (Phi) is 6.18. The molecule has 0 aromatic carbocycles. The molecule has 0 saturated carbocycles. The van der Waals surface area contributed by atoms with Crippen molar-refractivity contribution in [3.63, 3.8) is 0 Å². The number of rotatable bonds is 4. The molecule has 1 aromatic heterocycles. The zero-order chi connectivity index (χ0) is 22.4. The summed E-state index contributed by atoms with van der Waals surface area (Å²) in [5.41, 5.74) is -5.74. The molecule has 1 aromatic rings. The van der Waals surface area contributed by atoms with Crippen LogP contribution < -0.4 is 4.18 Å². The molecule has 1 amide bonds. The molecule has 2 atom stereocenters. The number of alkyl halides is 3. The molecule has 0 bridgehead atoms. The first-order valence-electron chi connectivity index (χ1n) is 9.20. The van der Waals surface area contributed by atoms with Gasteiger partial charge in [0.2, 0.25) is 5.88 Å². The number of carbonyl (C=O) groups excluding carboxylic acids is 1. The summed E-state index contributed by atoms with van der Waals surface area (Å²) in [7, 11) is -4.55. The van der Waals surface area contributed by atoms with Gasteiger partial charge in [0.1, 0.15) is 5.60 Å². The summed E-state index contributed by atoms with van der Waals surface area (Å²) >= 11 is 0. The number of ether oxygens (including phenoxy) is 1. The molecule has 1 aliphatic rings. The van der Waals surface area contributed by atoms with Crippen LogP contribution in [0.5, 0.6) is 5.88 Å². The number of carbonyl (C=O) groups is 1. The van der Waals surface area contributed by atoms with Gasteiger partial charge in [-0.15, -0.1) is 0 Å². The van der Waals surface area contributed by atoms with Gasteiger partial charge in [0.15, 0.2) is 0 Å². The number of hydrogen-bond acceptors (Lipinski definition) is 6. The summed E-state index contributed by atoms with van der Waals surface area (Å²) in [6, 6.07) is -1.00. The van der Waals surface area contributed by atoms with Crippen LogP contribution in [0.4, 0.5) is 18.0 Å². The highest BCUT2D eigenvalue weighted by Crippen LogP contribution is 2.41. The maximum Gasteiger partial charge on any atom is 0.534 e. The van der Waals surface area contributed by atoms with E-state index in [0.29, 0.717) is 18.5 Å². The summed E-state index contributed by atoms with van der Waals surface area (Å²) in [6.07, 6.45) is 0.427. The zero-order valence-electron chi connectivity index (χ0n) is 17.2. The Hall–Kier alpha value is -1.98. The lowest BCUT2D eigenvalue weighted by molar-refractivity contribution is -0.0502. The molecule has 1 aliphatic heterocycles. The van der Waals surface area contributed by atoms with Gasteiger partial charge in [-0.05, 0) is 33.6 Å². The predicted octanol–water partition coefficient (Wildman–Crippen LogP) is 3.67. The van der Waals surface area contributed by atoms with Gasteiger partial charge in [-0.1, -0.05) is 13.8 Å². The fourth-order valence-corrected chi connectivity index (χ4v) is 3.84. The lowest BCUT2D eigenvalue weighted by Gasteiger charge is -2.41. The Bertz CT molecular complexity index is 874. The van der Waals surface area contributed by atoms with Crippen molar-refractivity contribution in [1.82, 2.24) is 14.7 Å². The SMILES string of the molecule is CC[C@H]1Cc2c(nn(C)c2OS(=O)(=O)C(F)(F)F)[C@@H](CC)N1C(=O)OC(C)(C)C. The Morgan fingerprint density at radius 2 is 1.79 bits per heavy atom. The summed E-state index contributed by atoms with van der Waals surface area (Å²) in [5, 5.41) is 4.18. The number of hydrogen-bond donors (Lipinski definition) is 0. The van der Waals surface area contributed by atoms with E-state index < -0.39 is 45.3 Å². The average Bonchev–Trinajstić information content (AvgIpc) is 2.85. The highest BCUT2D eigenvalue weighted by molar-refractivity contribution is 7.87. The van der Waals surface area contributed by atoms with Gasteiger partial charge in [0.25, 0.3) is 0 Å². The van der Waals surface area contributed by atoms with Gasteiger partial charge in [-0.3, -0.25) is 4.90 Å². The maximum absolute atomic E-state index is 12.8. The molecule has 0 spiro atoms. The van der Waals surface area contributed by atoms with E-state index in [1.807, 2.05) is 6.92 Å². The van der Waals surface area contributed by atoms with Crippen LogP contribution in [0.25, 0.3) is 0 Å². The van der Waals surface area contributed by atoms with Crippen LogP contribution in [0.1, 0.15) is 64.8 Å². The van der Waals surface area contributed by atoms with Gasteiger partial charge in [0.05, 0.1) is 11.7 Å². The minimum atomic E-state index is -5.85. The second kappa shape index (κ2) is 7.69. The third-order valence-electron chi connectivity index (χ3n) is 4.54. The molecule has 2 rings (SSSR count). The first kappa shape index (κ1) is 23.3. The third-order valence-corrected chi connectivity index (χ3v) is 5.48. The second-order valence-corrected chi connectivity index (χ2v) is 9.39. The summed E-state index contributed by atoms with van der Waals surface area (Å²) in [6.45, 7) is 8.82. The van der Waals surface area contributed by atoms with E-state index in [9.17, 15) is 26.4 Å². The van der Waals surface area contributed by atoms with Crippen molar-refractivity contribution in [2.45, 2.75) is 77.1 Å². The fourth-order valence-electron chi connectivity index (χ4n) is 3.33. The molecule has 2 heterocycles. The molecular weight excluding hydrogens is 415 g/mol. The van der Waals surface area contributed by atoms with E-state index in [2.05, 4.69) is 9.28 Å². The Labute approximate surface area is 168 Å². The molecule has 0 N–H and O–H groups in total. The number of aryl methyl sites for hydroxylation is 1. The molecule has 0 radical (unpaired) electrons. The van der Waals surface area contributed by atoms with Crippen molar-refractivity contribution in [3.05, 3.63) is 11.3 Å². The Morgan fingerprint density at radius 1 is 1.21 bits per heavy atom. The average molecular weight is 441 g/mol. The van der Waals surface area contributed by atoms with Gasteiger partial charge in [-0.2, -0.15) is 26.7 Å². The minimum absolute atomic E-state index is 0.0954.